The van der Waals surface area contributed by atoms with E-state index >= 15 is 0 Å². The number of benzene rings is 3. The zero-order chi connectivity index (χ0) is 24.9. The second-order valence-corrected chi connectivity index (χ2v) is 8.34. The first kappa shape index (κ1) is 23.4. The van der Waals surface area contributed by atoms with Crippen LogP contribution in [0.25, 0.3) is 16.9 Å². The average Bonchev–Trinajstić information content (AvgIpc) is 3.39. The third-order valence-electron chi connectivity index (χ3n) is 6.12. The summed E-state index contributed by atoms with van der Waals surface area (Å²) in [5.74, 6) is 0.971. The van der Waals surface area contributed by atoms with Crippen LogP contribution in [0.1, 0.15) is 10.4 Å². The summed E-state index contributed by atoms with van der Waals surface area (Å²) in [6.45, 7) is 3.03. The fourth-order valence-corrected chi connectivity index (χ4v) is 4.25. The van der Waals surface area contributed by atoms with Crippen LogP contribution >= 0.6 is 0 Å². The molecule has 8 nitrogen and oxygen atoms in total. The van der Waals surface area contributed by atoms with E-state index in [0.717, 1.165) is 24.5 Å². The number of morpholine rings is 1. The highest BCUT2D eigenvalue weighted by Crippen LogP contribution is 2.35. The molecule has 2 heterocycles. The standard InChI is InChI=1S/C28H28N4O4/c1-34-23-11-12-26(35-2)24(18-23)27-25(19-32(30-27)21-8-4-3-5-9-21)28(33)29-20-7-6-10-22(17-20)31-13-15-36-16-14-31/h3-12,17-19H,13-16H2,1-2H3,(H,29,33). The van der Waals surface area contributed by atoms with E-state index in [2.05, 4.69) is 10.2 Å². The monoisotopic (exact) mass is 484 g/mol. The third-order valence-corrected chi connectivity index (χ3v) is 6.12. The van der Waals surface area contributed by atoms with Crippen molar-refractivity contribution in [2.45, 2.75) is 0 Å². The SMILES string of the molecule is COc1ccc(OC)c(-c2nn(-c3ccccc3)cc2C(=O)Nc2cccc(N3CCOCC3)c2)c1. The number of carbonyl (C=O) groups excluding carboxylic acids is 1. The summed E-state index contributed by atoms with van der Waals surface area (Å²) in [6.07, 6.45) is 1.74. The van der Waals surface area contributed by atoms with E-state index < -0.39 is 0 Å². The first-order valence-electron chi connectivity index (χ1n) is 11.8. The van der Waals surface area contributed by atoms with Crippen LogP contribution in [0.5, 0.6) is 11.5 Å². The van der Waals surface area contributed by atoms with Crippen LogP contribution in [0, 0.1) is 0 Å². The Balaban J connectivity index is 1.53. The molecule has 1 aliphatic rings. The fourth-order valence-electron chi connectivity index (χ4n) is 4.25. The molecule has 1 fully saturated rings. The molecule has 1 N–H and O–H groups in total. The molecular formula is C28H28N4O4. The zero-order valence-electron chi connectivity index (χ0n) is 20.3. The van der Waals surface area contributed by atoms with Gasteiger partial charge in [-0.05, 0) is 48.5 Å². The van der Waals surface area contributed by atoms with E-state index in [9.17, 15) is 4.79 Å². The summed E-state index contributed by atoms with van der Waals surface area (Å²) in [4.78, 5) is 15.9. The van der Waals surface area contributed by atoms with E-state index in [0.29, 0.717) is 47.2 Å². The maximum atomic E-state index is 13.6. The van der Waals surface area contributed by atoms with Gasteiger partial charge in [-0.25, -0.2) is 4.68 Å². The molecule has 0 atom stereocenters. The summed E-state index contributed by atoms with van der Waals surface area (Å²) >= 11 is 0. The van der Waals surface area contributed by atoms with Crippen molar-refractivity contribution in [2.24, 2.45) is 0 Å². The summed E-state index contributed by atoms with van der Waals surface area (Å²) in [5, 5.41) is 7.84. The van der Waals surface area contributed by atoms with E-state index in [1.54, 1.807) is 25.1 Å². The van der Waals surface area contributed by atoms with E-state index in [4.69, 9.17) is 19.3 Å². The van der Waals surface area contributed by atoms with Crippen LogP contribution in [0.15, 0.2) is 79.0 Å². The van der Waals surface area contributed by atoms with Gasteiger partial charge < -0.3 is 24.4 Å². The largest absolute Gasteiger partial charge is 0.497 e. The molecule has 0 radical (unpaired) electrons. The highest BCUT2D eigenvalue weighted by atomic mass is 16.5. The van der Waals surface area contributed by atoms with Gasteiger partial charge in [0.2, 0.25) is 0 Å². The van der Waals surface area contributed by atoms with Crippen molar-refractivity contribution in [1.82, 2.24) is 9.78 Å². The van der Waals surface area contributed by atoms with Crippen molar-refractivity contribution in [3.05, 3.63) is 84.6 Å². The Labute approximate surface area is 210 Å². The van der Waals surface area contributed by atoms with Crippen LogP contribution < -0.4 is 19.7 Å². The zero-order valence-corrected chi connectivity index (χ0v) is 20.3. The molecule has 1 aromatic heterocycles. The van der Waals surface area contributed by atoms with Crippen LogP contribution in [0.4, 0.5) is 11.4 Å². The number of hydrogen-bond acceptors (Lipinski definition) is 6. The second-order valence-electron chi connectivity index (χ2n) is 8.34. The second kappa shape index (κ2) is 10.5. The van der Waals surface area contributed by atoms with Crippen molar-refractivity contribution in [3.63, 3.8) is 0 Å². The molecule has 4 aromatic rings. The maximum absolute atomic E-state index is 13.6. The Kier molecular flexibility index (Phi) is 6.86. The van der Waals surface area contributed by atoms with Gasteiger partial charge in [-0.2, -0.15) is 5.10 Å². The first-order chi connectivity index (χ1) is 17.7. The Morgan fingerprint density at radius 3 is 2.44 bits per heavy atom. The predicted molar refractivity (Wildman–Crippen MR) is 140 cm³/mol. The van der Waals surface area contributed by atoms with Gasteiger partial charge in [0.15, 0.2) is 0 Å². The number of carbonyl (C=O) groups is 1. The molecule has 184 valence electrons. The summed E-state index contributed by atoms with van der Waals surface area (Å²) in [5.41, 5.74) is 4.18. The Morgan fingerprint density at radius 2 is 1.69 bits per heavy atom. The van der Waals surface area contributed by atoms with Crippen molar-refractivity contribution in [1.29, 1.82) is 0 Å². The smallest absolute Gasteiger partial charge is 0.259 e. The lowest BCUT2D eigenvalue weighted by Crippen LogP contribution is -2.36. The molecule has 0 aliphatic carbocycles. The number of nitrogens with zero attached hydrogens (tertiary/aromatic N) is 3. The molecule has 0 unspecified atom stereocenters. The summed E-state index contributed by atoms with van der Waals surface area (Å²) in [7, 11) is 3.19. The van der Waals surface area contributed by atoms with Gasteiger partial charge in [-0.15, -0.1) is 0 Å². The van der Waals surface area contributed by atoms with Crippen molar-refractivity contribution in [2.75, 3.05) is 50.7 Å². The summed E-state index contributed by atoms with van der Waals surface area (Å²) < 4.78 is 18.2. The predicted octanol–water partition coefficient (Wildman–Crippen LogP) is 4.65. The number of rotatable bonds is 7. The highest BCUT2D eigenvalue weighted by Gasteiger charge is 2.22. The van der Waals surface area contributed by atoms with Crippen LogP contribution in [0.3, 0.4) is 0 Å². The molecule has 3 aromatic carbocycles. The molecule has 1 amide bonds. The van der Waals surface area contributed by atoms with Crippen molar-refractivity contribution >= 4 is 17.3 Å². The molecule has 0 saturated carbocycles. The number of hydrogen-bond donors (Lipinski definition) is 1. The molecular weight excluding hydrogens is 456 g/mol. The average molecular weight is 485 g/mol. The first-order valence-corrected chi connectivity index (χ1v) is 11.8. The Hall–Kier alpha value is -4.30. The van der Waals surface area contributed by atoms with E-state index in [1.165, 1.54) is 0 Å². The minimum Gasteiger partial charge on any atom is -0.497 e. The number of nitrogens with one attached hydrogen (secondary N) is 1. The quantitative estimate of drug-likeness (QED) is 0.412. The lowest BCUT2D eigenvalue weighted by molar-refractivity contribution is 0.102. The maximum Gasteiger partial charge on any atom is 0.259 e. The van der Waals surface area contributed by atoms with Gasteiger partial charge in [0.05, 0.1) is 38.7 Å². The van der Waals surface area contributed by atoms with E-state index in [-0.39, 0.29) is 5.91 Å². The number of anilines is 2. The van der Waals surface area contributed by atoms with Crippen molar-refractivity contribution in [3.8, 4) is 28.4 Å². The number of amides is 1. The number of methoxy groups -OCH3 is 2. The van der Waals surface area contributed by atoms with Crippen LogP contribution in [0.2, 0.25) is 0 Å². The molecule has 0 bridgehead atoms. The number of ether oxygens (including phenoxy) is 3. The molecule has 8 heteroatoms. The molecule has 1 saturated heterocycles. The normalized spacial score (nSPS) is 13.3. The minimum absolute atomic E-state index is 0.267. The number of aromatic nitrogens is 2. The highest BCUT2D eigenvalue weighted by molar-refractivity contribution is 6.08. The van der Waals surface area contributed by atoms with Gasteiger partial charge in [-0.3, -0.25) is 4.79 Å². The molecule has 1 aliphatic heterocycles. The topological polar surface area (TPSA) is 77.8 Å². The molecule has 0 spiro atoms. The Morgan fingerprint density at radius 1 is 0.917 bits per heavy atom. The van der Waals surface area contributed by atoms with Gasteiger partial charge in [-0.1, -0.05) is 24.3 Å². The number of para-hydroxylation sites is 1. The van der Waals surface area contributed by atoms with Crippen molar-refractivity contribution < 1.29 is 19.0 Å². The summed E-state index contributed by atoms with van der Waals surface area (Å²) in [6, 6.07) is 23.0. The lowest BCUT2D eigenvalue weighted by Gasteiger charge is -2.29. The minimum atomic E-state index is -0.267. The van der Waals surface area contributed by atoms with Gasteiger partial charge in [0.1, 0.15) is 17.2 Å². The van der Waals surface area contributed by atoms with Gasteiger partial charge >= 0.3 is 0 Å². The molecule has 5 rings (SSSR count). The Bertz CT molecular complexity index is 1350. The van der Waals surface area contributed by atoms with Crippen LogP contribution in [-0.4, -0.2) is 56.2 Å². The lowest BCUT2D eigenvalue weighted by atomic mass is 10.1. The third kappa shape index (κ3) is 4.89. The molecule has 36 heavy (non-hydrogen) atoms. The fraction of sp³-hybridized carbons (Fsp3) is 0.214. The van der Waals surface area contributed by atoms with Crippen LogP contribution in [-0.2, 0) is 4.74 Å². The van der Waals surface area contributed by atoms with Gasteiger partial charge in [0, 0.05) is 36.2 Å². The van der Waals surface area contributed by atoms with E-state index in [1.807, 2.05) is 72.8 Å². The van der Waals surface area contributed by atoms with Gasteiger partial charge in [0.25, 0.3) is 5.91 Å².